The van der Waals surface area contributed by atoms with Crippen LogP contribution in [-0.4, -0.2) is 17.3 Å². The summed E-state index contributed by atoms with van der Waals surface area (Å²) in [5.74, 6) is 0.501. The summed E-state index contributed by atoms with van der Waals surface area (Å²) < 4.78 is 0.962. The summed E-state index contributed by atoms with van der Waals surface area (Å²) in [5.41, 5.74) is 0.632. The number of benzene rings is 1. The maximum Gasteiger partial charge on any atom is 0.251 e. The zero-order chi connectivity index (χ0) is 13.8. The number of carbonyl (C=O) groups is 1. The quantitative estimate of drug-likeness (QED) is 0.522. The van der Waals surface area contributed by atoms with E-state index in [4.69, 9.17) is 11.6 Å². The van der Waals surface area contributed by atoms with Crippen LogP contribution >= 0.6 is 50.1 Å². The fourth-order valence-corrected chi connectivity index (χ4v) is 3.65. The molecule has 0 aliphatic heterocycles. The molecule has 19 heavy (non-hydrogen) atoms. The molecule has 0 bridgehead atoms. The first kappa shape index (κ1) is 15.6. The Balaban J connectivity index is 1.91. The number of amides is 1. The largest absolute Gasteiger partial charge is 0.352 e. The topological polar surface area (TPSA) is 29.1 Å². The van der Waals surface area contributed by atoms with Crippen LogP contribution in [0.4, 0.5) is 0 Å². The standard InChI is InChI=1S/C14H16BrClINO/c15-11-4-2-1-3-10(11)8-18-14(19)9-5-6-13(17)12(16)7-9/h5-7,10-11H,1-4,8H2,(H,18,19). The van der Waals surface area contributed by atoms with Gasteiger partial charge in [0, 0.05) is 20.5 Å². The highest BCUT2D eigenvalue weighted by Crippen LogP contribution is 2.29. The van der Waals surface area contributed by atoms with Gasteiger partial charge in [-0.25, -0.2) is 0 Å². The van der Waals surface area contributed by atoms with Crippen molar-refractivity contribution < 1.29 is 4.79 Å². The lowest BCUT2D eigenvalue weighted by Crippen LogP contribution is -2.34. The lowest BCUT2D eigenvalue weighted by Gasteiger charge is -2.27. The van der Waals surface area contributed by atoms with Crippen molar-refractivity contribution in [3.63, 3.8) is 0 Å². The van der Waals surface area contributed by atoms with E-state index in [0.29, 0.717) is 21.3 Å². The van der Waals surface area contributed by atoms with Gasteiger partial charge in [-0.05, 0) is 59.5 Å². The number of carbonyl (C=O) groups excluding carboxylic acids is 1. The number of halogens is 3. The van der Waals surface area contributed by atoms with Crippen molar-refractivity contribution in [3.8, 4) is 0 Å². The first-order chi connectivity index (χ1) is 9.08. The third-order valence-corrected chi connectivity index (χ3v) is 6.30. The van der Waals surface area contributed by atoms with Crippen molar-refractivity contribution in [2.45, 2.75) is 30.5 Å². The van der Waals surface area contributed by atoms with Gasteiger partial charge in [-0.15, -0.1) is 0 Å². The summed E-state index contributed by atoms with van der Waals surface area (Å²) in [6, 6.07) is 5.41. The molecule has 0 saturated heterocycles. The van der Waals surface area contributed by atoms with E-state index in [2.05, 4.69) is 43.8 Å². The number of hydrogen-bond acceptors (Lipinski definition) is 1. The van der Waals surface area contributed by atoms with Gasteiger partial charge in [0.1, 0.15) is 0 Å². The van der Waals surface area contributed by atoms with E-state index < -0.39 is 0 Å². The van der Waals surface area contributed by atoms with E-state index in [0.717, 1.165) is 10.1 Å². The first-order valence-electron chi connectivity index (χ1n) is 6.45. The van der Waals surface area contributed by atoms with Crippen LogP contribution in [0.2, 0.25) is 5.02 Å². The highest BCUT2D eigenvalue weighted by Gasteiger charge is 2.23. The summed E-state index contributed by atoms with van der Waals surface area (Å²) in [4.78, 5) is 12.6. The van der Waals surface area contributed by atoms with Crippen LogP contribution in [0.3, 0.4) is 0 Å². The van der Waals surface area contributed by atoms with Gasteiger partial charge in [-0.2, -0.15) is 0 Å². The van der Waals surface area contributed by atoms with E-state index in [1.54, 1.807) is 6.07 Å². The van der Waals surface area contributed by atoms with Crippen LogP contribution in [0.1, 0.15) is 36.0 Å². The first-order valence-corrected chi connectivity index (χ1v) is 8.82. The minimum absolute atomic E-state index is 0.0384. The van der Waals surface area contributed by atoms with Crippen molar-refractivity contribution in [2.75, 3.05) is 6.54 Å². The van der Waals surface area contributed by atoms with Crippen LogP contribution < -0.4 is 5.32 Å². The maximum atomic E-state index is 12.1. The normalized spacial score (nSPS) is 23.1. The van der Waals surface area contributed by atoms with Crippen molar-refractivity contribution in [1.29, 1.82) is 0 Å². The highest BCUT2D eigenvalue weighted by molar-refractivity contribution is 14.1. The molecule has 0 radical (unpaired) electrons. The number of rotatable bonds is 3. The van der Waals surface area contributed by atoms with Gasteiger partial charge in [-0.3, -0.25) is 4.79 Å². The minimum Gasteiger partial charge on any atom is -0.352 e. The average molecular weight is 457 g/mol. The van der Waals surface area contributed by atoms with Crippen molar-refractivity contribution in [3.05, 3.63) is 32.4 Å². The lowest BCUT2D eigenvalue weighted by atomic mass is 9.89. The van der Waals surface area contributed by atoms with Gasteiger partial charge in [-0.1, -0.05) is 40.4 Å². The van der Waals surface area contributed by atoms with Gasteiger partial charge in [0.15, 0.2) is 0 Å². The molecule has 104 valence electrons. The Labute approximate surface area is 140 Å². The fraction of sp³-hybridized carbons (Fsp3) is 0.500. The second-order valence-corrected chi connectivity index (χ2v) is 7.64. The van der Waals surface area contributed by atoms with E-state index in [1.165, 1.54) is 25.7 Å². The molecule has 1 amide bonds. The Morgan fingerprint density at radius 3 is 2.84 bits per heavy atom. The number of alkyl halides is 1. The molecule has 2 atom stereocenters. The van der Waals surface area contributed by atoms with Crippen LogP contribution in [0.25, 0.3) is 0 Å². The number of hydrogen-bond donors (Lipinski definition) is 1. The molecule has 2 rings (SSSR count). The van der Waals surface area contributed by atoms with Crippen molar-refractivity contribution >= 4 is 56.0 Å². The molecule has 2 nitrogen and oxygen atoms in total. The average Bonchev–Trinajstić information content (AvgIpc) is 2.40. The SMILES string of the molecule is O=C(NCC1CCCCC1Br)c1ccc(I)c(Cl)c1. The lowest BCUT2D eigenvalue weighted by molar-refractivity contribution is 0.0944. The van der Waals surface area contributed by atoms with Gasteiger partial charge in [0.05, 0.1) is 5.02 Å². The molecule has 0 heterocycles. The molecular formula is C14H16BrClINO. The van der Waals surface area contributed by atoms with Crippen molar-refractivity contribution in [1.82, 2.24) is 5.32 Å². The van der Waals surface area contributed by atoms with E-state index in [9.17, 15) is 4.79 Å². The van der Waals surface area contributed by atoms with Crippen LogP contribution in [0.5, 0.6) is 0 Å². The molecule has 1 aliphatic carbocycles. The third kappa shape index (κ3) is 4.33. The Morgan fingerprint density at radius 1 is 1.42 bits per heavy atom. The second-order valence-electron chi connectivity index (χ2n) is 4.90. The smallest absolute Gasteiger partial charge is 0.251 e. The van der Waals surface area contributed by atoms with E-state index in [1.807, 2.05) is 12.1 Å². The summed E-state index contributed by atoms with van der Waals surface area (Å²) in [6.07, 6.45) is 4.94. The summed E-state index contributed by atoms with van der Waals surface area (Å²) in [5, 5.41) is 3.64. The highest BCUT2D eigenvalue weighted by atomic mass is 127. The molecule has 0 aromatic heterocycles. The Kier molecular flexibility index (Phi) is 5.96. The molecule has 0 spiro atoms. The van der Waals surface area contributed by atoms with E-state index in [-0.39, 0.29) is 5.91 Å². The predicted molar refractivity (Wildman–Crippen MR) is 91.2 cm³/mol. The van der Waals surface area contributed by atoms with Crippen molar-refractivity contribution in [2.24, 2.45) is 5.92 Å². The molecule has 1 N–H and O–H groups in total. The van der Waals surface area contributed by atoms with E-state index >= 15 is 0 Å². The molecule has 1 saturated carbocycles. The molecular weight excluding hydrogens is 440 g/mol. The second kappa shape index (κ2) is 7.27. The third-order valence-electron chi connectivity index (χ3n) is 3.52. The van der Waals surface area contributed by atoms with Gasteiger partial charge in [0.2, 0.25) is 0 Å². The molecule has 1 fully saturated rings. The number of nitrogens with one attached hydrogen (secondary N) is 1. The zero-order valence-corrected chi connectivity index (χ0v) is 15.0. The zero-order valence-electron chi connectivity index (χ0n) is 10.5. The monoisotopic (exact) mass is 455 g/mol. The fourth-order valence-electron chi connectivity index (χ4n) is 2.36. The minimum atomic E-state index is -0.0384. The maximum absolute atomic E-state index is 12.1. The molecule has 2 unspecified atom stereocenters. The molecule has 1 aliphatic rings. The van der Waals surface area contributed by atoms with Gasteiger partial charge < -0.3 is 5.32 Å². The predicted octanol–water partition coefficient (Wildman–Crippen LogP) is 4.63. The molecule has 1 aromatic carbocycles. The molecule has 1 aromatic rings. The Morgan fingerprint density at radius 2 is 2.16 bits per heavy atom. The van der Waals surface area contributed by atoms with Gasteiger partial charge >= 0.3 is 0 Å². The van der Waals surface area contributed by atoms with Crippen LogP contribution in [0.15, 0.2) is 18.2 Å². The van der Waals surface area contributed by atoms with Crippen LogP contribution in [0, 0.1) is 9.49 Å². The summed E-state index contributed by atoms with van der Waals surface area (Å²) in [6.45, 7) is 0.734. The van der Waals surface area contributed by atoms with Gasteiger partial charge in [0.25, 0.3) is 5.91 Å². The Hall–Kier alpha value is 0.190. The molecule has 5 heteroatoms. The summed E-state index contributed by atoms with van der Waals surface area (Å²) >= 11 is 11.9. The van der Waals surface area contributed by atoms with Crippen LogP contribution in [-0.2, 0) is 0 Å². The summed E-state index contributed by atoms with van der Waals surface area (Å²) in [7, 11) is 0. The Bertz CT molecular complexity index is 469.